The van der Waals surface area contributed by atoms with Crippen LogP contribution in [0.1, 0.15) is 88.8 Å². The van der Waals surface area contributed by atoms with Gasteiger partial charge in [-0.1, -0.05) is 128 Å². The van der Waals surface area contributed by atoms with Gasteiger partial charge >= 0.3 is 0 Å². The van der Waals surface area contributed by atoms with Gasteiger partial charge in [0.05, 0.1) is 13.2 Å². The van der Waals surface area contributed by atoms with Gasteiger partial charge in [-0.25, -0.2) is 0 Å². The van der Waals surface area contributed by atoms with Crippen molar-refractivity contribution in [2.24, 2.45) is 0 Å². The standard InChI is InChI=1S/C42H56NO4P/c1-11-43(12-2)48(37-25-31(3)23-35(41(5,6)7)39(37)46-29-44-27-33-19-15-13-16-20-33)38-26-32(4)24-36(42(8,9)10)40(38)47-30-45-28-34-21-17-14-18-22-34/h13-26H,11-12,27-30H2,1-10H3. The lowest BCUT2D eigenvalue weighted by atomic mass is 9.85. The van der Waals surface area contributed by atoms with Crippen molar-refractivity contribution in [2.45, 2.75) is 93.3 Å². The van der Waals surface area contributed by atoms with Crippen LogP contribution in [0.3, 0.4) is 0 Å². The molecule has 0 unspecified atom stereocenters. The van der Waals surface area contributed by atoms with E-state index in [-0.39, 0.29) is 24.4 Å². The largest absolute Gasteiger partial charge is 0.466 e. The first-order valence-corrected chi connectivity index (χ1v) is 18.5. The van der Waals surface area contributed by atoms with E-state index >= 15 is 0 Å². The molecule has 0 atom stereocenters. The van der Waals surface area contributed by atoms with Gasteiger partial charge in [0.15, 0.2) is 13.6 Å². The molecule has 0 aliphatic heterocycles. The number of hydrogen-bond donors (Lipinski definition) is 0. The third-order valence-corrected chi connectivity index (χ3v) is 11.0. The van der Waals surface area contributed by atoms with Crippen LogP contribution in [-0.2, 0) is 33.5 Å². The van der Waals surface area contributed by atoms with Crippen LogP contribution in [0.25, 0.3) is 0 Å². The van der Waals surface area contributed by atoms with Crippen molar-refractivity contribution in [2.75, 3.05) is 26.7 Å². The van der Waals surface area contributed by atoms with Crippen molar-refractivity contribution in [1.29, 1.82) is 0 Å². The van der Waals surface area contributed by atoms with Crippen LogP contribution in [0.4, 0.5) is 0 Å². The molecular formula is C42H56NO4P. The molecule has 4 aromatic rings. The molecule has 0 aromatic heterocycles. The van der Waals surface area contributed by atoms with Crippen molar-refractivity contribution in [3.05, 3.63) is 118 Å². The molecule has 0 heterocycles. The summed E-state index contributed by atoms with van der Waals surface area (Å²) in [5.41, 5.74) is 6.74. The van der Waals surface area contributed by atoms with E-state index < -0.39 is 8.07 Å². The van der Waals surface area contributed by atoms with Crippen LogP contribution in [0.2, 0.25) is 0 Å². The molecular weight excluding hydrogens is 613 g/mol. The average molecular weight is 670 g/mol. The summed E-state index contributed by atoms with van der Waals surface area (Å²) in [5, 5.41) is 2.37. The van der Waals surface area contributed by atoms with Gasteiger partial charge in [-0.2, -0.15) is 0 Å². The minimum absolute atomic E-state index is 0.145. The fourth-order valence-corrected chi connectivity index (χ4v) is 8.69. The molecule has 4 aromatic carbocycles. The van der Waals surface area contributed by atoms with Crippen molar-refractivity contribution >= 4 is 18.7 Å². The van der Waals surface area contributed by atoms with Gasteiger partial charge in [0, 0.05) is 29.8 Å². The zero-order valence-electron chi connectivity index (χ0n) is 30.9. The second kappa shape index (κ2) is 16.9. The first kappa shape index (κ1) is 37.6. The van der Waals surface area contributed by atoms with Crippen LogP contribution < -0.4 is 20.1 Å². The summed E-state index contributed by atoms with van der Waals surface area (Å²) in [6, 6.07) is 29.7. The number of hydrogen-bond acceptors (Lipinski definition) is 5. The summed E-state index contributed by atoms with van der Waals surface area (Å²) >= 11 is 0. The Morgan fingerprint density at radius 3 is 1.27 bits per heavy atom. The van der Waals surface area contributed by atoms with Crippen molar-refractivity contribution in [3.8, 4) is 11.5 Å². The molecule has 0 aliphatic carbocycles. The Morgan fingerprint density at radius 2 is 0.938 bits per heavy atom. The summed E-state index contributed by atoms with van der Waals surface area (Å²) < 4.78 is 28.3. The van der Waals surface area contributed by atoms with Crippen LogP contribution in [0.5, 0.6) is 11.5 Å². The van der Waals surface area contributed by atoms with Gasteiger partial charge < -0.3 is 18.9 Å². The predicted molar refractivity (Wildman–Crippen MR) is 202 cm³/mol. The highest BCUT2D eigenvalue weighted by Gasteiger charge is 2.34. The minimum Gasteiger partial charge on any atom is -0.466 e. The van der Waals surface area contributed by atoms with Crippen molar-refractivity contribution < 1.29 is 18.9 Å². The smallest absolute Gasteiger partial charge is 0.189 e. The van der Waals surface area contributed by atoms with E-state index in [1.54, 1.807) is 0 Å². The summed E-state index contributed by atoms with van der Waals surface area (Å²) in [4.78, 5) is 0. The van der Waals surface area contributed by atoms with Gasteiger partial charge in [-0.05, 0) is 72.2 Å². The number of rotatable bonds is 15. The van der Waals surface area contributed by atoms with E-state index in [9.17, 15) is 0 Å². The number of nitrogens with zero attached hydrogens (tertiary/aromatic N) is 1. The highest BCUT2D eigenvalue weighted by Crippen LogP contribution is 2.48. The van der Waals surface area contributed by atoms with Crippen LogP contribution in [0, 0.1) is 13.8 Å². The highest BCUT2D eigenvalue weighted by atomic mass is 31.1. The first-order chi connectivity index (χ1) is 22.8. The van der Waals surface area contributed by atoms with Crippen LogP contribution in [0.15, 0.2) is 84.9 Å². The van der Waals surface area contributed by atoms with E-state index in [1.165, 1.54) is 32.9 Å². The van der Waals surface area contributed by atoms with Crippen molar-refractivity contribution in [1.82, 2.24) is 4.67 Å². The molecule has 0 fully saturated rings. The maximum absolute atomic E-state index is 6.73. The molecule has 5 nitrogen and oxygen atoms in total. The van der Waals surface area contributed by atoms with Crippen molar-refractivity contribution in [3.63, 3.8) is 0 Å². The normalized spacial score (nSPS) is 12.2. The molecule has 0 amide bonds. The highest BCUT2D eigenvalue weighted by molar-refractivity contribution is 7.71. The molecule has 4 rings (SSSR count). The lowest BCUT2D eigenvalue weighted by Gasteiger charge is -2.36. The lowest BCUT2D eigenvalue weighted by Crippen LogP contribution is -2.33. The molecule has 0 saturated carbocycles. The zero-order chi connectivity index (χ0) is 34.9. The molecule has 0 spiro atoms. The van der Waals surface area contributed by atoms with E-state index in [0.29, 0.717) is 13.2 Å². The van der Waals surface area contributed by atoms with Gasteiger partial charge in [-0.3, -0.25) is 4.67 Å². The molecule has 258 valence electrons. The average Bonchev–Trinajstić information content (AvgIpc) is 3.04. The fraction of sp³-hybridized carbons (Fsp3) is 0.429. The summed E-state index contributed by atoms with van der Waals surface area (Å²) in [6.45, 7) is 25.5. The Labute approximate surface area is 291 Å². The molecule has 48 heavy (non-hydrogen) atoms. The number of aryl methyl sites for hydroxylation is 2. The summed E-state index contributed by atoms with van der Waals surface area (Å²) in [6.07, 6.45) is 0. The summed E-state index contributed by atoms with van der Waals surface area (Å²) in [5.74, 6) is 1.81. The lowest BCUT2D eigenvalue weighted by molar-refractivity contribution is 0.00470. The van der Waals surface area contributed by atoms with Crippen LogP contribution >= 0.6 is 8.07 Å². The Balaban J connectivity index is 1.83. The Kier molecular flexibility index (Phi) is 13.3. The number of ether oxygens (including phenoxy) is 4. The topological polar surface area (TPSA) is 40.2 Å². The third-order valence-electron chi connectivity index (χ3n) is 8.31. The monoisotopic (exact) mass is 669 g/mol. The van der Waals surface area contributed by atoms with E-state index in [2.05, 4.69) is 122 Å². The van der Waals surface area contributed by atoms with Crippen LogP contribution in [-0.4, -0.2) is 31.3 Å². The maximum atomic E-state index is 6.73. The molecule has 0 radical (unpaired) electrons. The molecule has 0 aliphatic rings. The Morgan fingerprint density at radius 1 is 0.562 bits per heavy atom. The Bertz CT molecular complexity index is 1470. The Hall–Kier alpha value is -3.21. The fourth-order valence-electron chi connectivity index (χ4n) is 5.85. The SMILES string of the molecule is CCN(CC)P(c1cc(C)cc(C(C)(C)C)c1OCOCc1ccccc1)c1cc(C)cc(C(C)(C)C)c1OCOCc1ccccc1. The van der Waals surface area contributed by atoms with E-state index in [0.717, 1.165) is 35.7 Å². The second-order valence-electron chi connectivity index (χ2n) is 14.5. The first-order valence-electron chi connectivity index (χ1n) is 17.2. The van der Waals surface area contributed by atoms with Gasteiger partial charge in [-0.15, -0.1) is 0 Å². The van der Waals surface area contributed by atoms with Gasteiger partial charge in [0.2, 0.25) is 0 Å². The second-order valence-corrected chi connectivity index (χ2v) is 16.6. The zero-order valence-corrected chi connectivity index (χ0v) is 31.7. The van der Waals surface area contributed by atoms with Gasteiger partial charge in [0.1, 0.15) is 11.5 Å². The molecule has 0 bridgehead atoms. The molecule has 0 saturated heterocycles. The molecule has 0 N–H and O–H groups in total. The summed E-state index contributed by atoms with van der Waals surface area (Å²) in [7, 11) is -1.07. The number of benzene rings is 4. The third kappa shape index (κ3) is 9.92. The molecule has 6 heteroatoms. The minimum atomic E-state index is -1.07. The maximum Gasteiger partial charge on any atom is 0.189 e. The van der Waals surface area contributed by atoms with Gasteiger partial charge in [0.25, 0.3) is 0 Å². The predicted octanol–water partition coefficient (Wildman–Crippen LogP) is 9.69. The van der Waals surface area contributed by atoms with E-state index in [1.807, 2.05) is 36.4 Å². The quantitative estimate of drug-likeness (QED) is 0.0716. The van der Waals surface area contributed by atoms with E-state index in [4.69, 9.17) is 18.9 Å².